The Morgan fingerprint density at radius 1 is 1.08 bits per heavy atom. The summed E-state index contributed by atoms with van der Waals surface area (Å²) in [4.78, 5) is 4.69. The molecule has 5 rings (SSSR count). The Balaban J connectivity index is 1.40. The predicted octanol–water partition coefficient (Wildman–Crippen LogP) is 4.19. The van der Waals surface area contributed by atoms with Gasteiger partial charge in [-0.25, -0.2) is 4.68 Å². The van der Waals surface area contributed by atoms with Gasteiger partial charge in [0.25, 0.3) is 0 Å². The lowest BCUT2D eigenvalue weighted by Gasteiger charge is -2.31. The molecule has 0 radical (unpaired) electrons. The molecule has 1 N–H and O–H groups in total. The van der Waals surface area contributed by atoms with Gasteiger partial charge >= 0.3 is 0 Å². The van der Waals surface area contributed by atoms with Crippen molar-refractivity contribution in [2.24, 2.45) is 5.92 Å². The van der Waals surface area contributed by atoms with E-state index in [0.29, 0.717) is 25.6 Å². The largest absolute Gasteiger partial charge is 0.439 e. The van der Waals surface area contributed by atoms with Crippen molar-refractivity contribution in [2.75, 3.05) is 45.9 Å². The van der Waals surface area contributed by atoms with Gasteiger partial charge in [-0.3, -0.25) is 9.80 Å². The van der Waals surface area contributed by atoms with E-state index < -0.39 is 6.10 Å². The fourth-order valence-corrected chi connectivity index (χ4v) is 4.89. The van der Waals surface area contributed by atoms with E-state index in [9.17, 15) is 5.11 Å². The van der Waals surface area contributed by atoms with Gasteiger partial charge in [0.05, 0.1) is 36.3 Å². The summed E-state index contributed by atoms with van der Waals surface area (Å²) >= 11 is 0. The van der Waals surface area contributed by atoms with Crippen LogP contribution in [0.2, 0.25) is 0 Å². The van der Waals surface area contributed by atoms with Crippen molar-refractivity contribution in [3.05, 3.63) is 71.4 Å². The van der Waals surface area contributed by atoms with Crippen LogP contribution in [0.5, 0.6) is 11.6 Å². The van der Waals surface area contributed by atoms with E-state index in [0.717, 1.165) is 67.0 Å². The fraction of sp³-hybridized carbons (Fsp3) is 0.483. The smallest absolute Gasteiger partial charge is 0.227 e. The summed E-state index contributed by atoms with van der Waals surface area (Å²) in [5.41, 5.74) is 4.14. The minimum atomic E-state index is -0.410. The third kappa shape index (κ3) is 6.53. The molecule has 2 fully saturated rings. The third-order valence-corrected chi connectivity index (χ3v) is 6.98. The first-order chi connectivity index (χ1) is 17.5. The molecule has 0 spiro atoms. The molecule has 192 valence electrons. The fourth-order valence-electron chi connectivity index (χ4n) is 4.89. The predicted molar refractivity (Wildman–Crippen MR) is 141 cm³/mol. The van der Waals surface area contributed by atoms with Crippen molar-refractivity contribution in [3.8, 4) is 17.3 Å². The molecule has 2 aromatic carbocycles. The molecule has 1 saturated carbocycles. The number of aryl methyl sites for hydroxylation is 2. The lowest BCUT2D eigenvalue weighted by Crippen LogP contribution is -2.44. The van der Waals surface area contributed by atoms with E-state index in [1.165, 1.54) is 12.8 Å². The molecule has 7 nitrogen and oxygen atoms in total. The number of hydrogen-bond donors (Lipinski definition) is 1. The Bertz CT molecular complexity index is 1120. The second kappa shape index (κ2) is 11.6. The number of benzene rings is 2. The number of nitrogens with zero attached hydrogens (tertiary/aromatic N) is 4. The summed E-state index contributed by atoms with van der Waals surface area (Å²) in [5.74, 6) is 2.26. The highest BCUT2D eigenvalue weighted by Gasteiger charge is 2.28. The summed E-state index contributed by atoms with van der Waals surface area (Å²) in [7, 11) is 0. The molecular formula is C29H38N4O3. The molecule has 1 atom stereocenters. The molecule has 3 aromatic rings. The summed E-state index contributed by atoms with van der Waals surface area (Å²) in [6.07, 6.45) is 2.13. The molecule has 36 heavy (non-hydrogen) atoms. The molecule has 1 unspecified atom stereocenters. The van der Waals surface area contributed by atoms with E-state index in [2.05, 4.69) is 35.8 Å². The molecular weight excluding hydrogens is 452 g/mol. The highest BCUT2D eigenvalue weighted by Crippen LogP contribution is 2.34. The van der Waals surface area contributed by atoms with Gasteiger partial charge in [0.1, 0.15) is 5.75 Å². The van der Waals surface area contributed by atoms with E-state index in [-0.39, 0.29) is 0 Å². The highest BCUT2D eigenvalue weighted by atomic mass is 16.5. The third-order valence-electron chi connectivity index (χ3n) is 6.98. The van der Waals surface area contributed by atoms with Gasteiger partial charge in [-0.15, -0.1) is 0 Å². The van der Waals surface area contributed by atoms with Crippen molar-refractivity contribution >= 4 is 0 Å². The Labute approximate surface area is 214 Å². The number of ether oxygens (including phenoxy) is 2. The molecule has 1 aromatic heterocycles. The molecule has 1 aliphatic heterocycles. The van der Waals surface area contributed by atoms with Gasteiger partial charge in [0.15, 0.2) is 0 Å². The maximum absolute atomic E-state index is 11.0. The van der Waals surface area contributed by atoms with Crippen LogP contribution in [0.3, 0.4) is 0 Å². The van der Waals surface area contributed by atoms with Gasteiger partial charge in [0, 0.05) is 39.3 Å². The maximum atomic E-state index is 11.0. The number of aliphatic hydroxyl groups is 1. The number of morpholine rings is 1. The summed E-state index contributed by atoms with van der Waals surface area (Å²) < 4.78 is 13.9. The van der Waals surface area contributed by atoms with E-state index in [1.54, 1.807) is 0 Å². The van der Waals surface area contributed by atoms with Gasteiger partial charge < -0.3 is 14.6 Å². The topological polar surface area (TPSA) is 63.0 Å². The average Bonchev–Trinajstić information content (AvgIpc) is 3.64. The molecule has 1 saturated heterocycles. The van der Waals surface area contributed by atoms with Gasteiger partial charge in [-0.05, 0) is 62.4 Å². The molecule has 0 amide bonds. The van der Waals surface area contributed by atoms with Crippen LogP contribution in [0.15, 0.2) is 54.6 Å². The van der Waals surface area contributed by atoms with Crippen molar-refractivity contribution in [1.82, 2.24) is 19.6 Å². The van der Waals surface area contributed by atoms with Crippen LogP contribution >= 0.6 is 0 Å². The van der Waals surface area contributed by atoms with E-state index in [1.807, 2.05) is 47.1 Å². The van der Waals surface area contributed by atoms with Crippen molar-refractivity contribution in [2.45, 2.75) is 39.3 Å². The summed E-state index contributed by atoms with van der Waals surface area (Å²) in [6, 6.07) is 18.3. The molecule has 7 heteroatoms. The number of β-amino-alcohol motifs (C(OH)–C–C–N with tert-alkyl or cyclic N) is 1. The van der Waals surface area contributed by atoms with Crippen LogP contribution in [0, 0.1) is 19.8 Å². The number of aromatic nitrogens is 2. The minimum absolute atomic E-state index is 0.410. The molecule has 1 aliphatic carbocycles. The molecule has 0 bridgehead atoms. The minimum Gasteiger partial charge on any atom is -0.439 e. The zero-order valence-electron chi connectivity index (χ0n) is 21.5. The van der Waals surface area contributed by atoms with Crippen LogP contribution < -0.4 is 4.74 Å². The van der Waals surface area contributed by atoms with Crippen LogP contribution in [-0.2, 0) is 11.3 Å². The van der Waals surface area contributed by atoms with Crippen LogP contribution in [0.25, 0.3) is 5.69 Å². The first-order valence-corrected chi connectivity index (χ1v) is 13.1. The quantitative estimate of drug-likeness (QED) is 0.435. The molecule has 2 heterocycles. The van der Waals surface area contributed by atoms with Crippen molar-refractivity contribution in [1.29, 1.82) is 0 Å². The highest BCUT2D eigenvalue weighted by molar-refractivity contribution is 5.43. The normalized spacial score (nSPS) is 17.4. The van der Waals surface area contributed by atoms with Crippen LogP contribution in [0.1, 0.15) is 29.7 Å². The Morgan fingerprint density at radius 3 is 2.58 bits per heavy atom. The number of rotatable bonds is 11. The Hall–Kier alpha value is -2.71. The lowest BCUT2D eigenvalue weighted by molar-refractivity contribution is 0.00585. The van der Waals surface area contributed by atoms with E-state index in [4.69, 9.17) is 14.6 Å². The lowest BCUT2D eigenvalue weighted by atomic mass is 10.2. The Morgan fingerprint density at radius 2 is 1.86 bits per heavy atom. The number of aliphatic hydroxyl groups excluding tert-OH is 1. The standard InChI is InChI=1S/C29H38N4O3/c1-22-7-6-10-27(17-22)36-29-28(23(2)30-33(29)25-8-4-3-5-9-25)21-32(18-24-11-12-24)20-26(34)19-31-13-15-35-16-14-31/h3-10,17,24,26,34H,11-16,18-21H2,1-2H3. The first-order valence-electron chi connectivity index (χ1n) is 13.1. The zero-order chi connectivity index (χ0) is 24.9. The Kier molecular flexibility index (Phi) is 8.02. The maximum Gasteiger partial charge on any atom is 0.227 e. The second-order valence-electron chi connectivity index (χ2n) is 10.2. The summed E-state index contributed by atoms with van der Waals surface area (Å²) in [5, 5.41) is 15.9. The first kappa shape index (κ1) is 25.0. The van der Waals surface area contributed by atoms with Gasteiger partial charge in [-0.1, -0.05) is 30.3 Å². The second-order valence-corrected chi connectivity index (χ2v) is 10.2. The zero-order valence-corrected chi connectivity index (χ0v) is 21.5. The van der Waals surface area contributed by atoms with Gasteiger partial charge in [0.2, 0.25) is 5.88 Å². The summed E-state index contributed by atoms with van der Waals surface area (Å²) in [6.45, 7) is 10.4. The van der Waals surface area contributed by atoms with Crippen LogP contribution in [-0.4, -0.2) is 76.7 Å². The SMILES string of the molecule is Cc1cccc(Oc2c(CN(CC(O)CN3CCOCC3)CC3CC3)c(C)nn2-c2ccccc2)c1. The van der Waals surface area contributed by atoms with Crippen molar-refractivity contribution < 1.29 is 14.6 Å². The monoisotopic (exact) mass is 490 g/mol. The van der Waals surface area contributed by atoms with Gasteiger partial charge in [-0.2, -0.15) is 5.10 Å². The van der Waals surface area contributed by atoms with E-state index >= 15 is 0 Å². The van der Waals surface area contributed by atoms with Crippen LogP contribution in [0.4, 0.5) is 0 Å². The molecule has 2 aliphatic rings. The number of hydrogen-bond acceptors (Lipinski definition) is 6. The number of para-hydroxylation sites is 1. The average molecular weight is 491 g/mol. The van der Waals surface area contributed by atoms with Crippen molar-refractivity contribution in [3.63, 3.8) is 0 Å².